The summed E-state index contributed by atoms with van der Waals surface area (Å²) in [7, 11) is 0. The molecule has 2 N–H and O–H groups in total. The maximum Gasteiger partial charge on any atom is 0.490 e. The molecular formula is C7H12F3NO2S. The van der Waals surface area contributed by atoms with E-state index in [9.17, 15) is 13.2 Å². The molecule has 1 saturated heterocycles. The molecule has 1 aliphatic rings. The van der Waals surface area contributed by atoms with E-state index in [2.05, 4.69) is 11.6 Å². The lowest BCUT2D eigenvalue weighted by Crippen LogP contribution is -2.43. The Morgan fingerprint density at radius 2 is 2.00 bits per heavy atom. The Bertz CT molecular complexity index is 182. The lowest BCUT2D eigenvalue weighted by atomic mass is 10.1. The maximum atomic E-state index is 10.6. The van der Waals surface area contributed by atoms with Gasteiger partial charge in [-0.3, -0.25) is 0 Å². The van der Waals surface area contributed by atoms with Crippen molar-refractivity contribution >= 4 is 17.7 Å². The summed E-state index contributed by atoms with van der Waals surface area (Å²) in [6.45, 7) is 2.50. The van der Waals surface area contributed by atoms with Crippen LogP contribution in [0.5, 0.6) is 0 Å². The molecule has 1 heterocycles. The van der Waals surface area contributed by atoms with Crippen molar-refractivity contribution in [2.24, 2.45) is 5.92 Å². The fourth-order valence-corrected chi connectivity index (χ4v) is 1.41. The molecule has 0 aromatic rings. The third kappa shape index (κ3) is 6.09. The second-order valence-electron chi connectivity index (χ2n) is 2.78. The Morgan fingerprint density at radius 1 is 1.57 bits per heavy atom. The summed E-state index contributed by atoms with van der Waals surface area (Å²) in [6, 6.07) is 0. The average Bonchev–Trinajstić information content (AvgIpc) is 1.96. The fraction of sp³-hybridized carbons (Fsp3) is 0.857. The number of hydrogen-bond acceptors (Lipinski definition) is 3. The first-order valence-electron chi connectivity index (χ1n) is 3.87. The molecule has 0 bridgehead atoms. The van der Waals surface area contributed by atoms with Gasteiger partial charge in [-0.2, -0.15) is 24.9 Å². The molecule has 3 nitrogen and oxygen atoms in total. The third-order valence-corrected chi connectivity index (χ3v) is 2.32. The van der Waals surface area contributed by atoms with E-state index in [0.717, 1.165) is 5.92 Å². The van der Waals surface area contributed by atoms with E-state index < -0.39 is 12.1 Å². The van der Waals surface area contributed by atoms with Crippen molar-refractivity contribution in [1.82, 2.24) is 5.32 Å². The van der Waals surface area contributed by atoms with E-state index in [1.54, 1.807) is 0 Å². The van der Waals surface area contributed by atoms with E-state index in [4.69, 9.17) is 9.90 Å². The fourth-order valence-electron chi connectivity index (χ4n) is 0.702. The van der Waals surface area contributed by atoms with Gasteiger partial charge < -0.3 is 10.4 Å². The van der Waals surface area contributed by atoms with Crippen LogP contribution in [0.3, 0.4) is 0 Å². The number of carboxylic acid groups (broad SMARTS) is 1. The van der Waals surface area contributed by atoms with Crippen LogP contribution in [0.1, 0.15) is 0 Å². The van der Waals surface area contributed by atoms with Gasteiger partial charge in [0, 0.05) is 0 Å². The van der Waals surface area contributed by atoms with Gasteiger partial charge in [-0.1, -0.05) is 0 Å². The van der Waals surface area contributed by atoms with E-state index in [0.29, 0.717) is 0 Å². The van der Waals surface area contributed by atoms with Crippen molar-refractivity contribution in [2.75, 3.05) is 25.1 Å². The van der Waals surface area contributed by atoms with E-state index in [-0.39, 0.29) is 0 Å². The van der Waals surface area contributed by atoms with Crippen molar-refractivity contribution in [3.05, 3.63) is 0 Å². The highest BCUT2D eigenvalue weighted by Crippen LogP contribution is 2.13. The molecule has 1 rings (SSSR count). The van der Waals surface area contributed by atoms with Crippen LogP contribution in [0.2, 0.25) is 0 Å². The monoisotopic (exact) mass is 231 g/mol. The smallest absolute Gasteiger partial charge is 0.475 e. The van der Waals surface area contributed by atoms with Crippen LogP contribution in [0.4, 0.5) is 13.2 Å². The average molecular weight is 231 g/mol. The van der Waals surface area contributed by atoms with Gasteiger partial charge in [0.2, 0.25) is 0 Å². The SMILES string of the molecule is CSCC1CNC1.O=C(O)C(F)(F)F. The van der Waals surface area contributed by atoms with E-state index >= 15 is 0 Å². The molecule has 0 amide bonds. The van der Waals surface area contributed by atoms with E-state index in [1.165, 1.54) is 18.8 Å². The highest BCUT2D eigenvalue weighted by atomic mass is 32.2. The Balaban J connectivity index is 0.000000241. The predicted molar refractivity (Wildman–Crippen MR) is 48.4 cm³/mol. The summed E-state index contributed by atoms with van der Waals surface area (Å²) in [5.41, 5.74) is 0. The Hall–Kier alpha value is -0.430. The normalized spacial score (nSPS) is 16.6. The summed E-state index contributed by atoms with van der Waals surface area (Å²) in [6.07, 6.45) is -2.92. The number of aliphatic carboxylic acids is 1. The van der Waals surface area contributed by atoms with Gasteiger partial charge >= 0.3 is 12.1 Å². The van der Waals surface area contributed by atoms with Crippen LogP contribution < -0.4 is 5.32 Å². The Labute approximate surface area is 84.1 Å². The van der Waals surface area contributed by atoms with Crippen molar-refractivity contribution in [2.45, 2.75) is 6.18 Å². The molecule has 0 aromatic heterocycles. The minimum absolute atomic E-state index is 0.981. The summed E-state index contributed by atoms with van der Waals surface area (Å²) in [4.78, 5) is 8.90. The predicted octanol–water partition coefficient (Wildman–Crippen LogP) is 1.20. The van der Waals surface area contributed by atoms with Gasteiger partial charge in [0.1, 0.15) is 0 Å². The van der Waals surface area contributed by atoms with Crippen LogP contribution in [0.25, 0.3) is 0 Å². The number of carboxylic acids is 1. The lowest BCUT2D eigenvalue weighted by Gasteiger charge is -2.25. The minimum Gasteiger partial charge on any atom is -0.475 e. The van der Waals surface area contributed by atoms with Gasteiger partial charge in [0.25, 0.3) is 0 Å². The summed E-state index contributed by atoms with van der Waals surface area (Å²) < 4.78 is 31.7. The molecule has 84 valence electrons. The first-order chi connectivity index (χ1) is 6.38. The topological polar surface area (TPSA) is 49.3 Å². The molecule has 0 aromatic carbocycles. The van der Waals surface area contributed by atoms with Crippen molar-refractivity contribution in [1.29, 1.82) is 0 Å². The number of hydrogen-bond donors (Lipinski definition) is 2. The van der Waals surface area contributed by atoms with Gasteiger partial charge in [0.05, 0.1) is 0 Å². The van der Waals surface area contributed by atoms with Crippen LogP contribution in [0, 0.1) is 5.92 Å². The number of halogens is 3. The lowest BCUT2D eigenvalue weighted by molar-refractivity contribution is -0.192. The van der Waals surface area contributed by atoms with Crippen LogP contribution in [-0.2, 0) is 4.79 Å². The molecular weight excluding hydrogens is 219 g/mol. The molecule has 0 saturated carbocycles. The number of rotatable bonds is 2. The van der Waals surface area contributed by atoms with E-state index in [1.807, 2.05) is 11.8 Å². The molecule has 0 radical (unpaired) electrons. The summed E-state index contributed by atoms with van der Waals surface area (Å²) in [5.74, 6) is -0.435. The molecule has 1 aliphatic heterocycles. The van der Waals surface area contributed by atoms with Gasteiger partial charge in [-0.05, 0) is 31.0 Å². The summed E-state index contributed by atoms with van der Waals surface area (Å²) in [5, 5.41) is 10.4. The van der Waals surface area contributed by atoms with Gasteiger partial charge in [-0.15, -0.1) is 0 Å². The first kappa shape index (κ1) is 13.6. The van der Waals surface area contributed by atoms with Crippen molar-refractivity contribution in [3.63, 3.8) is 0 Å². The highest BCUT2D eigenvalue weighted by Gasteiger charge is 2.38. The largest absolute Gasteiger partial charge is 0.490 e. The molecule has 7 heteroatoms. The molecule has 0 spiro atoms. The number of nitrogens with one attached hydrogen (secondary N) is 1. The zero-order valence-electron chi connectivity index (χ0n) is 7.60. The second kappa shape index (κ2) is 6.13. The Kier molecular flexibility index (Phi) is 5.94. The minimum atomic E-state index is -5.08. The summed E-state index contributed by atoms with van der Waals surface area (Å²) >= 11 is 1.95. The second-order valence-corrected chi connectivity index (χ2v) is 3.69. The zero-order valence-corrected chi connectivity index (χ0v) is 8.41. The van der Waals surface area contributed by atoms with Crippen LogP contribution in [-0.4, -0.2) is 42.4 Å². The first-order valence-corrected chi connectivity index (χ1v) is 5.27. The molecule has 1 fully saturated rings. The quantitative estimate of drug-likeness (QED) is 0.749. The van der Waals surface area contributed by atoms with Crippen molar-refractivity contribution in [3.8, 4) is 0 Å². The zero-order chi connectivity index (χ0) is 11.2. The van der Waals surface area contributed by atoms with Gasteiger partial charge in [-0.25, -0.2) is 4.79 Å². The third-order valence-electron chi connectivity index (χ3n) is 1.51. The molecule has 0 atom stereocenters. The number of alkyl halides is 3. The number of carbonyl (C=O) groups is 1. The molecule has 0 unspecified atom stereocenters. The molecule has 14 heavy (non-hydrogen) atoms. The maximum absolute atomic E-state index is 10.6. The van der Waals surface area contributed by atoms with Crippen LogP contribution in [0.15, 0.2) is 0 Å². The standard InChI is InChI=1S/C5H11NS.C2HF3O2/c1-7-4-5-2-6-3-5;3-2(4,5)1(6)7/h5-6H,2-4H2,1H3;(H,6,7). The highest BCUT2D eigenvalue weighted by molar-refractivity contribution is 7.98. The van der Waals surface area contributed by atoms with Gasteiger partial charge in [0.15, 0.2) is 0 Å². The molecule has 0 aliphatic carbocycles. The number of thioether (sulfide) groups is 1. The van der Waals surface area contributed by atoms with Crippen LogP contribution >= 0.6 is 11.8 Å². The Morgan fingerprint density at radius 3 is 2.07 bits per heavy atom. The van der Waals surface area contributed by atoms with Crippen molar-refractivity contribution < 1.29 is 23.1 Å².